The number of hydrogen-bond donors (Lipinski definition) is 0. The van der Waals surface area contributed by atoms with Crippen molar-refractivity contribution in [1.82, 2.24) is 4.98 Å². The Labute approximate surface area is 137 Å². The molecule has 0 saturated heterocycles. The summed E-state index contributed by atoms with van der Waals surface area (Å²) in [5, 5.41) is 4.48. The number of aryl methyl sites for hydroxylation is 2. The molecule has 2 heterocycles. The highest BCUT2D eigenvalue weighted by Gasteiger charge is 2.17. The summed E-state index contributed by atoms with van der Waals surface area (Å²) in [6.07, 6.45) is 1.46. The molecule has 0 aliphatic carbocycles. The molecule has 0 aliphatic heterocycles. The molecule has 0 radical (unpaired) electrons. The van der Waals surface area contributed by atoms with Crippen molar-refractivity contribution < 1.29 is 8.53 Å². The van der Waals surface area contributed by atoms with Crippen LogP contribution in [-0.4, -0.2) is 4.98 Å². The van der Waals surface area contributed by atoms with E-state index in [4.69, 9.17) is 8.53 Å². The summed E-state index contributed by atoms with van der Waals surface area (Å²) in [5.74, 6) is 0. The molecule has 110 valence electrons. The summed E-state index contributed by atoms with van der Waals surface area (Å²) in [6, 6.07) is 16.1. The van der Waals surface area contributed by atoms with E-state index >= 15 is 0 Å². The Morgan fingerprint density at radius 1 is 0.957 bits per heavy atom. The normalized spacial score (nSPS) is 14.4. The smallest absolute Gasteiger partial charge is 0.145 e. The molecule has 2 heteroatoms. The maximum Gasteiger partial charge on any atom is 0.145 e. The van der Waals surface area contributed by atoms with Crippen molar-refractivity contribution in [2.75, 3.05) is 0 Å². The van der Waals surface area contributed by atoms with E-state index in [2.05, 4.69) is 29.2 Å². The van der Waals surface area contributed by atoms with Gasteiger partial charge in [-0.1, -0.05) is 30.3 Å². The van der Waals surface area contributed by atoms with Crippen LogP contribution in [0.2, 0.25) is 0 Å². The van der Waals surface area contributed by atoms with Gasteiger partial charge in [0.25, 0.3) is 0 Å². The van der Waals surface area contributed by atoms with Crippen molar-refractivity contribution in [3.8, 4) is 11.3 Å². The molecule has 0 amide bonds. The zero-order valence-electron chi connectivity index (χ0n) is 15.6. The monoisotopic (exact) mass is 300 g/mol. The Morgan fingerprint density at radius 2 is 1.78 bits per heavy atom. The van der Waals surface area contributed by atoms with Gasteiger partial charge < -0.3 is 4.42 Å². The molecule has 0 atom stereocenters. The number of pyridine rings is 1. The van der Waals surface area contributed by atoms with Crippen molar-refractivity contribution in [3.05, 3.63) is 65.9 Å². The molecular weight excluding hydrogens is 282 g/mol. The second-order valence-corrected chi connectivity index (χ2v) is 5.95. The summed E-state index contributed by atoms with van der Waals surface area (Å²) in [5.41, 5.74) is 4.23. The first kappa shape index (κ1) is 10.0. The van der Waals surface area contributed by atoms with Crippen LogP contribution in [0.25, 0.3) is 44.0 Å². The molecule has 2 nitrogen and oxygen atoms in total. The average molecular weight is 300 g/mol. The molecular formula is C21H15NO. The first-order chi connectivity index (χ1) is 12.4. The topological polar surface area (TPSA) is 26.0 Å². The Kier molecular flexibility index (Phi) is 1.88. The van der Waals surface area contributed by atoms with Gasteiger partial charge in [-0.2, -0.15) is 0 Å². The van der Waals surface area contributed by atoms with Crippen molar-refractivity contribution in [3.63, 3.8) is 0 Å². The van der Waals surface area contributed by atoms with E-state index in [9.17, 15) is 0 Å². The zero-order chi connectivity index (χ0) is 18.1. The summed E-state index contributed by atoms with van der Waals surface area (Å²) < 4.78 is 29.0. The van der Waals surface area contributed by atoms with Crippen LogP contribution in [0.1, 0.15) is 15.2 Å². The minimum absolute atomic E-state index is 0.282. The van der Waals surface area contributed by atoms with Gasteiger partial charge in [-0.25, -0.2) is 0 Å². The molecule has 0 unspecified atom stereocenters. The minimum atomic E-state index is -2.16. The summed E-state index contributed by atoms with van der Waals surface area (Å²) >= 11 is 0. The number of benzene rings is 3. The molecule has 5 rings (SSSR count). The maximum absolute atomic E-state index is 7.62. The molecule has 0 fully saturated rings. The minimum Gasteiger partial charge on any atom is -0.455 e. The van der Waals surface area contributed by atoms with Gasteiger partial charge in [0.05, 0.1) is 5.69 Å². The fourth-order valence-corrected chi connectivity index (χ4v) is 3.33. The molecule has 0 aliphatic rings. The number of aromatic nitrogens is 1. The quantitative estimate of drug-likeness (QED) is 0.363. The van der Waals surface area contributed by atoms with Crippen molar-refractivity contribution >= 4 is 32.7 Å². The third-order valence-electron chi connectivity index (χ3n) is 4.54. The Balaban J connectivity index is 1.82. The van der Waals surface area contributed by atoms with E-state index in [-0.39, 0.29) is 5.56 Å². The van der Waals surface area contributed by atoms with Crippen molar-refractivity contribution in [2.45, 2.75) is 13.8 Å². The van der Waals surface area contributed by atoms with Gasteiger partial charge in [-0.3, -0.25) is 4.98 Å². The fourth-order valence-electron chi connectivity index (χ4n) is 3.33. The van der Waals surface area contributed by atoms with Crippen LogP contribution in [-0.2, 0) is 0 Å². The predicted octanol–water partition coefficient (Wildman–Crippen LogP) is 5.86. The van der Waals surface area contributed by atoms with E-state index in [1.165, 1.54) is 6.20 Å². The lowest BCUT2D eigenvalue weighted by molar-refractivity contribution is 0.670. The second-order valence-electron chi connectivity index (χ2n) is 5.95. The van der Waals surface area contributed by atoms with Crippen molar-refractivity contribution in [2.24, 2.45) is 0 Å². The van der Waals surface area contributed by atoms with Crippen LogP contribution < -0.4 is 0 Å². The number of rotatable bonds is 1. The predicted molar refractivity (Wildman–Crippen MR) is 95.1 cm³/mol. The molecule has 0 saturated carbocycles. The molecule has 0 N–H and O–H groups in total. The number of furan rings is 1. The van der Waals surface area contributed by atoms with Crippen molar-refractivity contribution in [1.29, 1.82) is 0 Å². The van der Waals surface area contributed by atoms with Gasteiger partial charge in [-0.15, -0.1) is 0 Å². The van der Waals surface area contributed by atoms with E-state index in [0.717, 1.165) is 44.0 Å². The lowest BCUT2D eigenvalue weighted by Crippen LogP contribution is -1.89. The molecule has 0 bridgehead atoms. The Morgan fingerprint density at radius 3 is 2.61 bits per heavy atom. The Hall–Kier alpha value is -2.87. The highest BCUT2D eigenvalue weighted by molar-refractivity contribution is 6.23. The van der Waals surface area contributed by atoms with Crippen LogP contribution >= 0.6 is 0 Å². The van der Waals surface area contributed by atoms with Gasteiger partial charge in [0, 0.05) is 26.6 Å². The zero-order valence-corrected chi connectivity index (χ0v) is 12.6. The summed E-state index contributed by atoms with van der Waals surface area (Å²) in [4.78, 5) is 4.43. The van der Waals surface area contributed by atoms with Crippen LogP contribution in [0.15, 0.2) is 59.1 Å². The van der Waals surface area contributed by atoms with Gasteiger partial charge in [0.2, 0.25) is 0 Å². The van der Waals surface area contributed by atoms with E-state index in [1.54, 1.807) is 6.92 Å². The van der Waals surface area contributed by atoms with E-state index in [1.807, 2.05) is 24.3 Å². The first-order valence-corrected chi connectivity index (χ1v) is 7.57. The molecule has 0 spiro atoms. The first-order valence-electron chi connectivity index (χ1n) is 9.07. The highest BCUT2D eigenvalue weighted by atomic mass is 16.3. The maximum atomic E-state index is 7.62. The van der Waals surface area contributed by atoms with Gasteiger partial charge in [-0.05, 0) is 53.9 Å². The van der Waals surface area contributed by atoms with Crippen LogP contribution in [0.3, 0.4) is 0 Å². The summed E-state index contributed by atoms with van der Waals surface area (Å²) in [7, 11) is 0. The van der Waals surface area contributed by atoms with E-state index < -0.39 is 6.85 Å². The lowest BCUT2D eigenvalue weighted by Gasteiger charge is -2.07. The third kappa shape index (κ3) is 1.66. The fraction of sp³-hybridized carbons (Fsp3) is 0.0952. The standard InChI is InChI=1S/C21H15NO/c1-12-10-17(22-11-13(12)2)16-9-8-15-7-6-14-4-3-5-18-19(14)20(15)21(16)23-18/h3-11H,1-2H3/i2D3. The van der Waals surface area contributed by atoms with Gasteiger partial charge in [0.15, 0.2) is 0 Å². The summed E-state index contributed by atoms with van der Waals surface area (Å²) in [6.45, 7) is -0.351. The average Bonchev–Trinajstić information content (AvgIpc) is 2.99. The number of hydrogen-bond acceptors (Lipinski definition) is 2. The van der Waals surface area contributed by atoms with Crippen LogP contribution in [0.4, 0.5) is 0 Å². The SMILES string of the molecule is [2H]C([2H])([2H])c1cnc(-c2ccc3ccc4cccc5oc2c3c45)cc1C. The van der Waals surface area contributed by atoms with Crippen LogP contribution in [0.5, 0.6) is 0 Å². The Bertz CT molecular complexity index is 1280. The molecule has 3 aromatic carbocycles. The lowest BCUT2D eigenvalue weighted by atomic mass is 9.98. The largest absolute Gasteiger partial charge is 0.455 e. The van der Waals surface area contributed by atoms with Gasteiger partial charge in [0.1, 0.15) is 11.2 Å². The van der Waals surface area contributed by atoms with Crippen LogP contribution in [0, 0.1) is 13.8 Å². The highest BCUT2D eigenvalue weighted by Crippen LogP contribution is 2.41. The third-order valence-corrected chi connectivity index (χ3v) is 4.54. The second kappa shape index (κ2) is 4.32. The van der Waals surface area contributed by atoms with E-state index in [0.29, 0.717) is 5.56 Å². The molecule has 5 aromatic rings. The molecule has 2 aromatic heterocycles. The number of nitrogens with zero attached hydrogens (tertiary/aromatic N) is 1. The van der Waals surface area contributed by atoms with Gasteiger partial charge >= 0.3 is 0 Å². The molecule has 23 heavy (non-hydrogen) atoms.